The maximum atomic E-state index is 10.2. The van der Waals surface area contributed by atoms with Gasteiger partial charge in [0.1, 0.15) is 5.76 Å². The molecule has 0 unspecified atom stereocenters. The molecule has 1 aromatic rings. The summed E-state index contributed by atoms with van der Waals surface area (Å²) in [4.78, 5) is 10.2. The lowest BCUT2D eigenvalue weighted by Crippen LogP contribution is -1.99. The highest BCUT2D eigenvalue weighted by atomic mass is 16.4. The van der Waals surface area contributed by atoms with E-state index < -0.39 is 5.97 Å². The Morgan fingerprint density at radius 3 is 2.90 bits per heavy atom. The molecule has 0 spiro atoms. The number of hydrogen-bond donors (Lipinski definition) is 1. The molecule has 0 bridgehead atoms. The number of hydrogen-bond acceptors (Lipinski definition) is 2. The van der Waals surface area contributed by atoms with Crippen LogP contribution in [0.25, 0.3) is 0 Å². The summed E-state index contributed by atoms with van der Waals surface area (Å²) in [6.45, 7) is 1.75. The molecule has 0 saturated heterocycles. The molecule has 0 aliphatic heterocycles. The van der Waals surface area contributed by atoms with Crippen molar-refractivity contribution in [3.8, 4) is 0 Å². The van der Waals surface area contributed by atoms with E-state index in [0.29, 0.717) is 5.76 Å². The molecule has 0 fully saturated rings. The fraction of sp³-hybridized carbons (Fsp3) is 0.286. The Hall–Kier alpha value is -1.25. The third-order valence-electron chi connectivity index (χ3n) is 1.31. The lowest BCUT2D eigenvalue weighted by Gasteiger charge is -1.90. The van der Waals surface area contributed by atoms with Crippen LogP contribution in [-0.2, 0) is 11.2 Å². The second-order valence-electron chi connectivity index (χ2n) is 2.07. The highest BCUT2D eigenvalue weighted by Crippen LogP contribution is 2.08. The zero-order valence-electron chi connectivity index (χ0n) is 5.63. The van der Waals surface area contributed by atoms with E-state index in [1.165, 1.54) is 6.26 Å². The molecule has 3 heteroatoms. The third-order valence-corrected chi connectivity index (χ3v) is 1.31. The average molecular weight is 140 g/mol. The predicted octanol–water partition coefficient (Wildman–Crippen LogP) is 1.22. The summed E-state index contributed by atoms with van der Waals surface area (Å²) in [6.07, 6.45) is 1.54. The normalized spacial score (nSPS) is 9.70. The Morgan fingerprint density at radius 1 is 1.80 bits per heavy atom. The number of aryl methyl sites for hydroxylation is 1. The second kappa shape index (κ2) is 2.56. The topological polar surface area (TPSA) is 50.4 Å². The minimum Gasteiger partial charge on any atom is -0.481 e. The van der Waals surface area contributed by atoms with Gasteiger partial charge in [0.15, 0.2) is 0 Å². The van der Waals surface area contributed by atoms with Gasteiger partial charge in [-0.15, -0.1) is 0 Å². The van der Waals surface area contributed by atoms with Gasteiger partial charge in [0, 0.05) is 5.56 Å². The molecular weight excluding hydrogens is 132 g/mol. The summed E-state index contributed by atoms with van der Waals surface area (Å²) in [5.41, 5.74) is 0.743. The monoisotopic (exact) mass is 140 g/mol. The number of rotatable bonds is 2. The fourth-order valence-electron chi connectivity index (χ4n) is 0.758. The Kier molecular flexibility index (Phi) is 1.76. The Morgan fingerprint density at radius 2 is 2.50 bits per heavy atom. The van der Waals surface area contributed by atoms with Gasteiger partial charge in [-0.2, -0.15) is 0 Å². The smallest absolute Gasteiger partial charge is 0.307 e. The molecule has 0 aromatic carbocycles. The highest BCUT2D eigenvalue weighted by molar-refractivity contribution is 5.70. The van der Waals surface area contributed by atoms with Crippen molar-refractivity contribution < 1.29 is 14.3 Å². The van der Waals surface area contributed by atoms with Crippen molar-refractivity contribution >= 4 is 5.97 Å². The molecule has 1 aromatic heterocycles. The van der Waals surface area contributed by atoms with E-state index in [9.17, 15) is 4.79 Å². The van der Waals surface area contributed by atoms with Gasteiger partial charge in [0.2, 0.25) is 0 Å². The largest absolute Gasteiger partial charge is 0.481 e. The zero-order chi connectivity index (χ0) is 7.56. The molecule has 0 atom stereocenters. The number of furan rings is 1. The quantitative estimate of drug-likeness (QED) is 0.671. The maximum absolute atomic E-state index is 10.2. The van der Waals surface area contributed by atoms with Gasteiger partial charge >= 0.3 is 5.97 Å². The summed E-state index contributed by atoms with van der Waals surface area (Å²) < 4.78 is 4.90. The van der Waals surface area contributed by atoms with Gasteiger partial charge in [-0.25, -0.2) is 0 Å². The minimum atomic E-state index is -0.829. The van der Waals surface area contributed by atoms with Crippen LogP contribution in [0.1, 0.15) is 11.3 Å². The van der Waals surface area contributed by atoms with Crippen LogP contribution >= 0.6 is 0 Å². The molecule has 3 nitrogen and oxygen atoms in total. The summed E-state index contributed by atoms with van der Waals surface area (Å²) in [5.74, 6) is -0.146. The van der Waals surface area contributed by atoms with Crippen LogP contribution in [0.4, 0.5) is 0 Å². The van der Waals surface area contributed by atoms with Crippen molar-refractivity contribution in [2.75, 3.05) is 0 Å². The van der Waals surface area contributed by atoms with Crippen molar-refractivity contribution in [3.63, 3.8) is 0 Å². The van der Waals surface area contributed by atoms with Crippen LogP contribution in [-0.4, -0.2) is 11.1 Å². The van der Waals surface area contributed by atoms with Crippen LogP contribution < -0.4 is 0 Å². The standard InChI is InChI=1S/C7H8O3/c1-5-6(2-3-10-5)4-7(8)9/h2-3H,4H2,1H3,(H,8,9). The van der Waals surface area contributed by atoms with E-state index in [0.717, 1.165) is 5.56 Å². The van der Waals surface area contributed by atoms with E-state index in [4.69, 9.17) is 9.52 Å². The van der Waals surface area contributed by atoms with E-state index in [-0.39, 0.29) is 6.42 Å². The van der Waals surface area contributed by atoms with E-state index >= 15 is 0 Å². The molecule has 0 aliphatic carbocycles. The van der Waals surface area contributed by atoms with Gasteiger partial charge in [-0.1, -0.05) is 0 Å². The van der Waals surface area contributed by atoms with Crippen LogP contribution in [0.5, 0.6) is 0 Å². The second-order valence-corrected chi connectivity index (χ2v) is 2.07. The van der Waals surface area contributed by atoms with Crippen molar-refractivity contribution in [2.45, 2.75) is 13.3 Å². The first kappa shape index (κ1) is 6.86. The SMILES string of the molecule is Cc1occc1CC(=O)O. The van der Waals surface area contributed by atoms with Crippen LogP contribution in [0.15, 0.2) is 16.7 Å². The Bertz CT molecular complexity index is 237. The number of carbonyl (C=O) groups is 1. The molecule has 1 rings (SSSR count). The number of aliphatic carboxylic acids is 1. The lowest BCUT2D eigenvalue weighted by atomic mass is 10.2. The Labute approximate surface area is 58.3 Å². The summed E-state index contributed by atoms with van der Waals surface area (Å²) in [5, 5.41) is 8.37. The van der Waals surface area contributed by atoms with Crippen molar-refractivity contribution in [2.24, 2.45) is 0 Å². The Balaban J connectivity index is 2.74. The average Bonchev–Trinajstić information content (AvgIpc) is 2.15. The van der Waals surface area contributed by atoms with Crippen molar-refractivity contribution in [1.82, 2.24) is 0 Å². The van der Waals surface area contributed by atoms with Gasteiger partial charge in [-0.3, -0.25) is 4.79 Å². The zero-order valence-corrected chi connectivity index (χ0v) is 5.63. The summed E-state index contributed by atoms with van der Waals surface area (Å²) >= 11 is 0. The molecule has 1 heterocycles. The van der Waals surface area contributed by atoms with E-state index in [1.54, 1.807) is 13.0 Å². The molecule has 1 N–H and O–H groups in total. The maximum Gasteiger partial charge on any atom is 0.307 e. The summed E-state index contributed by atoms with van der Waals surface area (Å²) in [7, 11) is 0. The molecule has 54 valence electrons. The minimum absolute atomic E-state index is 0.0440. The molecule has 0 saturated carbocycles. The van der Waals surface area contributed by atoms with Crippen molar-refractivity contribution in [3.05, 3.63) is 23.7 Å². The third kappa shape index (κ3) is 1.37. The van der Waals surface area contributed by atoms with Crippen LogP contribution in [0.2, 0.25) is 0 Å². The van der Waals surface area contributed by atoms with Gasteiger partial charge in [-0.05, 0) is 13.0 Å². The van der Waals surface area contributed by atoms with E-state index in [1.807, 2.05) is 0 Å². The molecule has 0 aliphatic rings. The molecule has 0 radical (unpaired) electrons. The first-order valence-electron chi connectivity index (χ1n) is 2.95. The van der Waals surface area contributed by atoms with Crippen LogP contribution in [0, 0.1) is 6.92 Å². The predicted molar refractivity (Wildman–Crippen MR) is 34.8 cm³/mol. The van der Waals surface area contributed by atoms with Gasteiger partial charge in [0.25, 0.3) is 0 Å². The first-order chi connectivity index (χ1) is 4.70. The first-order valence-corrected chi connectivity index (χ1v) is 2.95. The van der Waals surface area contributed by atoms with Gasteiger partial charge < -0.3 is 9.52 Å². The molecule has 10 heavy (non-hydrogen) atoms. The fourth-order valence-corrected chi connectivity index (χ4v) is 0.758. The molecule has 0 amide bonds. The highest BCUT2D eigenvalue weighted by Gasteiger charge is 2.04. The summed E-state index contributed by atoms with van der Waals surface area (Å²) in [6, 6.07) is 1.67. The van der Waals surface area contributed by atoms with E-state index in [2.05, 4.69) is 0 Å². The molecular formula is C7H8O3. The van der Waals surface area contributed by atoms with Gasteiger partial charge in [0.05, 0.1) is 12.7 Å². The lowest BCUT2D eigenvalue weighted by molar-refractivity contribution is -0.136. The number of carboxylic acid groups (broad SMARTS) is 1. The van der Waals surface area contributed by atoms with Crippen molar-refractivity contribution in [1.29, 1.82) is 0 Å². The van der Waals surface area contributed by atoms with Crippen LogP contribution in [0.3, 0.4) is 0 Å². The number of carboxylic acids is 1.